The number of nitrogens with one attached hydrogen (secondary N) is 3. The summed E-state index contributed by atoms with van der Waals surface area (Å²) in [6.45, 7) is 7.74. The first-order chi connectivity index (χ1) is 11.9. The van der Waals surface area contributed by atoms with Gasteiger partial charge in [0.15, 0.2) is 0 Å². The molecule has 3 N–H and O–H groups in total. The first-order valence-corrected chi connectivity index (χ1v) is 10.2. The van der Waals surface area contributed by atoms with E-state index in [1.54, 1.807) is 33.0 Å². The largest absolute Gasteiger partial charge is 0.383 e. The highest BCUT2D eigenvalue weighted by molar-refractivity contribution is 7.89. The molecule has 142 valence electrons. The van der Waals surface area contributed by atoms with Crippen molar-refractivity contribution in [3.63, 3.8) is 0 Å². The number of rotatable bonds is 11. The normalized spacial score (nSPS) is 11.6. The lowest BCUT2D eigenvalue weighted by molar-refractivity contribution is -0.116. The highest BCUT2D eigenvalue weighted by atomic mass is 32.2. The summed E-state index contributed by atoms with van der Waals surface area (Å²) in [5.41, 5.74) is 1.21. The molecule has 1 amide bonds. The molecule has 1 aromatic carbocycles. The van der Waals surface area contributed by atoms with Crippen molar-refractivity contribution in [2.24, 2.45) is 0 Å². The molecular formula is C17H30N4O3S. The van der Waals surface area contributed by atoms with E-state index in [2.05, 4.69) is 16.0 Å². The summed E-state index contributed by atoms with van der Waals surface area (Å²) < 4.78 is 26.8. The molecule has 0 aliphatic rings. The van der Waals surface area contributed by atoms with Crippen LogP contribution in [-0.4, -0.2) is 51.9 Å². The Morgan fingerprint density at radius 1 is 1.08 bits per heavy atom. The minimum atomic E-state index is -3.57. The first kappa shape index (κ1) is 21.4. The fraction of sp³-hybridized carbons (Fsp3) is 0.588. The van der Waals surface area contributed by atoms with Crippen molar-refractivity contribution in [2.75, 3.05) is 43.9 Å². The minimum Gasteiger partial charge on any atom is -0.383 e. The van der Waals surface area contributed by atoms with Gasteiger partial charge in [0, 0.05) is 32.6 Å². The summed E-state index contributed by atoms with van der Waals surface area (Å²) in [6, 6.07) is 4.82. The van der Waals surface area contributed by atoms with Crippen LogP contribution < -0.4 is 16.0 Å². The number of anilines is 2. The Morgan fingerprint density at radius 2 is 1.76 bits per heavy atom. The van der Waals surface area contributed by atoms with Gasteiger partial charge in [-0.15, -0.1) is 0 Å². The van der Waals surface area contributed by atoms with Crippen LogP contribution in [0.25, 0.3) is 0 Å². The fourth-order valence-corrected chi connectivity index (χ4v) is 3.85. The molecule has 0 aliphatic carbocycles. The highest BCUT2D eigenvalue weighted by Crippen LogP contribution is 2.27. The van der Waals surface area contributed by atoms with Crippen LogP contribution in [0.5, 0.6) is 0 Å². The summed E-state index contributed by atoms with van der Waals surface area (Å²) in [6.07, 6.45) is 1.24. The zero-order valence-electron chi connectivity index (χ0n) is 15.6. The summed E-state index contributed by atoms with van der Waals surface area (Å²) >= 11 is 0. The summed E-state index contributed by atoms with van der Waals surface area (Å²) in [7, 11) is -1.80. The molecule has 8 heteroatoms. The van der Waals surface area contributed by atoms with Gasteiger partial charge >= 0.3 is 0 Å². The van der Waals surface area contributed by atoms with Crippen molar-refractivity contribution in [1.29, 1.82) is 0 Å². The lowest BCUT2D eigenvalue weighted by atomic mass is 10.2. The Labute approximate surface area is 151 Å². The maximum absolute atomic E-state index is 12.7. The second-order valence-electron chi connectivity index (χ2n) is 5.63. The van der Waals surface area contributed by atoms with E-state index in [0.717, 1.165) is 18.7 Å². The number of amides is 1. The van der Waals surface area contributed by atoms with Gasteiger partial charge in [-0.1, -0.05) is 20.8 Å². The van der Waals surface area contributed by atoms with E-state index in [1.807, 2.05) is 6.92 Å². The molecule has 0 fully saturated rings. The quantitative estimate of drug-likeness (QED) is 0.555. The van der Waals surface area contributed by atoms with Gasteiger partial charge in [0.25, 0.3) is 0 Å². The van der Waals surface area contributed by atoms with Crippen LogP contribution in [0.3, 0.4) is 0 Å². The van der Waals surface area contributed by atoms with Crippen molar-refractivity contribution in [3.8, 4) is 0 Å². The van der Waals surface area contributed by atoms with E-state index in [0.29, 0.717) is 31.7 Å². The maximum Gasteiger partial charge on any atom is 0.243 e. The molecule has 0 aliphatic heterocycles. The predicted molar refractivity (Wildman–Crippen MR) is 103 cm³/mol. The Hall–Kier alpha value is -1.64. The molecule has 0 spiro atoms. The van der Waals surface area contributed by atoms with Crippen LogP contribution in [-0.2, 0) is 14.8 Å². The molecule has 7 nitrogen and oxygen atoms in total. The fourth-order valence-electron chi connectivity index (χ4n) is 2.36. The monoisotopic (exact) mass is 370 g/mol. The van der Waals surface area contributed by atoms with Gasteiger partial charge in [-0.3, -0.25) is 4.79 Å². The second kappa shape index (κ2) is 10.4. The lowest BCUT2D eigenvalue weighted by Gasteiger charge is -2.20. The van der Waals surface area contributed by atoms with Gasteiger partial charge < -0.3 is 16.0 Å². The lowest BCUT2D eigenvalue weighted by Crippen LogP contribution is -2.30. The highest BCUT2D eigenvalue weighted by Gasteiger charge is 2.23. The number of carbonyl (C=O) groups excluding carboxylic acids is 1. The van der Waals surface area contributed by atoms with E-state index < -0.39 is 10.0 Å². The van der Waals surface area contributed by atoms with Gasteiger partial charge in [-0.2, -0.15) is 4.31 Å². The third-order valence-corrected chi connectivity index (χ3v) is 5.82. The number of nitrogens with zero attached hydrogens (tertiary/aromatic N) is 1. The van der Waals surface area contributed by atoms with Crippen LogP contribution in [0.15, 0.2) is 23.1 Å². The van der Waals surface area contributed by atoms with E-state index in [1.165, 1.54) is 10.4 Å². The van der Waals surface area contributed by atoms with Gasteiger partial charge in [0.1, 0.15) is 0 Å². The van der Waals surface area contributed by atoms with Crippen molar-refractivity contribution in [1.82, 2.24) is 9.62 Å². The van der Waals surface area contributed by atoms with E-state index in [-0.39, 0.29) is 10.8 Å². The summed E-state index contributed by atoms with van der Waals surface area (Å²) in [5.74, 6) is -0.161. The first-order valence-electron chi connectivity index (χ1n) is 8.73. The molecule has 1 rings (SSSR count). The SMILES string of the molecule is CCCNc1ccc(S(=O)(=O)N(CC)CC)cc1NC(=O)CCNC. The van der Waals surface area contributed by atoms with Crippen LogP contribution in [0.1, 0.15) is 33.6 Å². The van der Waals surface area contributed by atoms with E-state index >= 15 is 0 Å². The Kier molecular flexibility index (Phi) is 8.88. The average molecular weight is 371 g/mol. The minimum absolute atomic E-state index is 0.161. The molecule has 0 radical (unpaired) electrons. The number of benzene rings is 1. The third-order valence-electron chi connectivity index (χ3n) is 3.78. The molecule has 0 atom stereocenters. The average Bonchev–Trinajstić information content (AvgIpc) is 2.59. The smallest absolute Gasteiger partial charge is 0.243 e. The van der Waals surface area contributed by atoms with Crippen LogP contribution in [0.4, 0.5) is 11.4 Å². The summed E-state index contributed by atoms with van der Waals surface area (Å²) in [5, 5.41) is 8.96. The second-order valence-corrected chi connectivity index (χ2v) is 7.56. The molecule has 0 saturated carbocycles. The number of sulfonamides is 1. The molecule has 25 heavy (non-hydrogen) atoms. The number of carbonyl (C=O) groups is 1. The zero-order valence-corrected chi connectivity index (χ0v) is 16.4. The molecule has 0 unspecified atom stereocenters. The molecule has 0 heterocycles. The van der Waals surface area contributed by atoms with Crippen molar-refractivity contribution >= 4 is 27.3 Å². The maximum atomic E-state index is 12.7. The van der Waals surface area contributed by atoms with Gasteiger partial charge in [0.2, 0.25) is 15.9 Å². The van der Waals surface area contributed by atoms with E-state index in [9.17, 15) is 13.2 Å². The van der Waals surface area contributed by atoms with Crippen LogP contribution in [0, 0.1) is 0 Å². The molecule has 0 aromatic heterocycles. The van der Waals surface area contributed by atoms with Gasteiger partial charge in [0.05, 0.1) is 16.3 Å². The number of hydrogen-bond acceptors (Lipinski definition) is 5. The van der Waals surface area contributed by atoms with Crippen LogP contribution in [0.2, 0.25) is 0 Å². The van der Waals surface area contributed by atoms with Crippen molar-refractivity contribution < 1.29 is 13.2 Å². The molecule has 1 aromatic rings. The Morgan fingerprint density at radius 3 is 2.32 bits per heavy atom. The van der Waals surface area contributed by atoms with Crippen LogP contribution >= 0.6 is 0 Å². The van der Waals surface area contributed by atoms with Gasteiger partial charge in [-0.05, 0) is 31.7 Å². The third kappa shape index (κ3) is 5.98. The Bertz CT molecular complexity index is 658. The summed E-state index contributed by atoms with van der Waals surface area (Å²) in [4.78, 5) is 12.2. The van der Waals surface area contributed by atoms with Crippen molar-refractivity contribution in [2.45, 2.75) is 38.5 Å². The molecule has 0 saturated heterocycles. The van der Waals surface area contributed by atoms with Crippen molar-refractivity contribution in [3.05, 3.63) is 18.2 Å². The molecular weight excluding hydrogens is 340 g/mol. The Balaban J connectivity index is 3.18. The van der Waals surface area contributed by atoms with E-state index in [4.69, 9.17) is 0 Å². The number of hydrogen-bond donors (Lipinski definition) is 3. The van der Waals surface area contributed by atoms with Gasteiger partial charge in [-0.25, -0.2) is 8.42 Å². The zero-order chi connectivity index (χ0) is 18.9. The molecule has 0 bridgehead atoms. The topological polar surface area (TPSA) is 90.5 Å². The standard InChI is InChI=1S/C17H30N4O3S/c1-5-11-19-15-9-8-14(25(23,24)21(6-2)7-3)13-16(15)20-17(22)10-12-18-4/h8-9,13,18-19H,5-7,10-12H2,1-4H3,(H,20,22). The predicted octanol–water partition coefficient (Wildman–Crippen LogP) is 2.09.